The topological polar surface area (TPSA) is 38.3 Å². The van der Waals surface area contributed by atoms with Crippen molar-refractivity contribution in [3.05, 3.63) is 75.3 Å². The molecule has 2 aromatic rings. The number of hydrogen-bond donors (Lipinski definition) is 1. The molecule has 0 saturated heterocycles. The van der Waals surface area contributed by atoms with Gasteiger partial charge in [-0.25, -0.2) is 4.79 Å². The molecule has 134 valence electrons. The summed E-state index contributed by atoms with van der Waals surface area (Å²) in [6.45, 7) is 2.19. The molecular formula is C21H19Cl2NO2. The summed E-state index contributed by atoms with van der Waals surface area (Å²) in [5, 5.41) is 4.93. The van der Waals surface area contributed by atoms with Crippen LogP contribution >= 0.6 is 23.2 Å². The molecule has 5 heteroatoms. The van der Waals surface area contributed by atoms with Gasteiger partial charge in [0, 0.05) is 21.7 Å². The summed E-state index contributed by atoms with van der Waals surface area (Å²) in [5.41, 5.74) is 3.81. The van der Waals surface area contributed by atoms with Gasteiger partial charge >= 0.3 is 5.97 Å². The van der Waals surface area contributed by atoms with Crippen molar-refractivity contribution in [3.8, 4) is 0 Å². The van der Waals surface area contributed by atoms with E-state index in [2.05, 4.69) is 17.5 Å². The number of anilines is 1. The number of carbonyl (C=O) groups is 1. The van der Waals surface area contributed by atoms with Crippen molar-refractivity contribution in [1.29, 1.82) is 0 Å². The van der Waals surface area contributed by atoms with Crippen LogP contribution in [-0.4, -0.2) is 12.6 Å². The molecule has 0 bridgehead atoms. The van der Waals surface area contributed by atoms with Crippen molar-refractivity contribution in [2.45, 2.75) is 25.3 Å². The zero-order chi connectivity index (χ0) is 18.3. The van der Waals surface area contributed by atoms with Crippen LogP contribution < -0.4 is 5.32 Å². The molecule has 0 unspecified atom stereocenters. The van der Waals surface area contributed by atoms with E-state index >= 15 is 0 Å². The van der Waals surface area contributed by atoms with E-state index in [1.165, 1.54) is 0 Å². The van der Waals surface area contributed by atoms with Gasteiger partial charge in [-0.2, -0.15) is 0 Å². The lowest BCUT2D eigenvalue weighted by atomic mass is 9.76. The fourth-order valence-electron chi connectivity index (χ4n) is 4.00. The second-order valence-corrected chi connectivity index (χ2v) is 7.51. The fourth-order valence-corrected chi connectivity index (χ4v) is 4.52. The summed E-state index contributed by atoms with van der Waals surface area (Å²) in [5.74, 6) is 0.313. The molecule has 2 aliphatic rings. The Labute approximate surface area is 163 Å². The summed E-state index contributed by atoms with van der Waals surface area (Å²) < 4.78 is 5.14. The average Bonchev–Trinajstić information content (AvgIpc) is 3.11. The third-order valence-corrected chi connectivity index (χ3v) is 5.73. The van der Waals surface area contributed by atoms with Gasteiger partial charge in [-0.05, 0) is 60.7 Å². The Hall–Kier alpha value is -1.97. The number of esters is 1. The van der Waals surface area contributed by atoms with Gasteiger partial charge in [0.2, 0.25) is 0 Å². The molecule has 26 heavy (non-hydrogen) atoms. The predicted octanol–water partition coefficient (Wildman–Crippen LogP) is 6.00. The third-order valence-electron chi connectivity index (χ3n) is 5.17. The molecule has 0 amide bonds. The van der Waals surface area contributed by atoms with Gasteiger partial charge in [0.15, 0.2) is 0 Å². The molecule has 0 fully saturated rings. The number of benzene rings is 2. The quantitative estimate of drug-likeness (QED) is 0.518. The minimum atomic E-state index is -0.281. The largest absolute Gasteiger partial charge is 0.462 e. The SMILES string of the molecule is CCOC(=O)c1ccc2c(c1)[C@@H]1C=CC[C@@H]1[C@@H](c1ccc(Cl)cc1Cl)N2. The van der Waals surface area contributed by atoms with Crippen LogP contribution in [0.25, 0.3) is 0 Å². The number of nitrogens with one attached hydrogen (secondary N) is 1. The molecule has 1 aliphatic carbocycles. The second-order valence-electron chi connectivity index (χ2n) is 6.66. The van der Waals surface area contributed by atoms with Gasteiger partial charge < -0.3 is 10.1 Å². The van der Waals surface area contributed by atoms with Crippen LogP contribution in [0.5, 0.6) is 0 Å². The Morgan fingerprint density at radius 1 is 1.19 bits per heavy atom. The van der Waals surface area contributed by atoms with Crippen molar-refractivity contribution < 1.29 is 9.53 Å². The number of carbonyl (C=O) groups excluding carboxylic acids is 1. The molecule has 4 rings (SSSR count). The highest BCUT2D eigenvalue weighted by atomic mass is 35.5. The molecule has 1 aliphatic heterocycles. The zero-order valence-corrected chi connectivity index (χ0v) is 15.8. The molecule has 1 heterocycles. The molecular weight excluding hydrogens is 369 g/mol. The number of fused-ring (bicyclic) bond motifs is 3. The molecule has 3 atom stereocenters. The standard InChI is InChI=1S/C21H19Cl2NO2/c1-2-26-21(25)12-6-9-19-17(10-12)14-4-3-5-15(14)20(24-19)16-8-7-13(22)11-18(16)23/h3-4,6-11,14-15,20,24H,2,5H2,1H3/t14-,15+,20+/m1/s1. The summed E-state index contributed by atoms with van der Waals surface area (Å²) in [4.78, 5) is 12.1. The van der Waals surface area contributed by atoms with Crippen LogP contribution in [0.2, 0.25) is 10.0 Å². The Morgan fingerprint density at radius 2 is 2.04 bits per heavy atom. The van der Waals surface area contributed by atoms with Gasteiger partial charge in [-0.3, -0.25) is 0 Å². The van der Waals surface area contributed by atoms with E-state index in [1.54, 1.807) is 6.07 Å². The summed E-state index contributed by atoms with van der Waals surface area (Å²) >= 11 is 12.5. The predicted molar refractivity (Wildman–Crippen MR) is 105 cm³/mol. The lowest BCUT2D eigenvalue weighted by Crippen LogP contribution is -2.29. The minimum absolute atomic E-state index is 0.0979. The highest BCUT2D eigenvalue weighted by Crippen LogP contribution is 2.51. The van der Waals surface area contributed by atoms with E-state index in [9.17, 15) is 4.79 Å². The Morgan fingerprint density at radius 3 is 2.81 bits per heavy atom. The molecule has 2 aromatic carbocycles. The molecule has 3 nitrogen and oxygen atoms in total. The highest BCUT2D eigenvalue weighted by Gasteiger charge is 2.38. The lowest BCUT2D eigenvalue weighted by molar-refractivity contribution is 0.0526. The van der Waals surface area contributed by atoms with Crippen LogP contribution in [0.15, 0.2) is 48.6 Å². The van der Waals surface area contributed by atoms with Gasteiger partial charge in [-0.1, -0.05) is 41.4 Å². The Balaban J connectivity index is 1.73. The molecule has 0 spiro atoms. The van der Waals surface area contributed by atoms with Crippen molar-refractivity contribution in [2.75, 3.05) is 11.9 Å². The first-order valence-corrected chi connectivity index (χ1v) is 9.53. The Bertz CT molecular complexity index is 894. The number of halogens is 2. The van der Waals surface area contributed by atoms with E-state index in [-0.39, 0.29) is 17.9 Å². The van der Waals surface area contributed by atoms with E-state index in [1.807, 2.05) is 37.3 Å². The van der Waals surface area contributed by atoms with Crippen LogP contribution in [-0.2, 0) is 4.74 Å². The number of hydrogen-bond acceptors (Lipinski definition) is 3. The smallest absolute Gasteiger partial charge is 0.338 e. The average molecular weight is 388 g/mol. The monoisotopic (exact) mass is 387 g/mol. The van der Waals surface area contributed by atoms with Gasteiger partial charge in [0.1, 0.15) is 0 Å². The van der Waals surface area contributed by atoms with Crippen molar-refractivity contribution in [1.82, 2.24) is 0 Å². The van der Waals surface area contributed by atoms with Crippen molar-refractivity contribution in [2.24, 2.45) is 5.92 Å². The van der Waals surface area contributed by atoms with E-state index in [4.69, 9.17) is 27.9 Å². The normalized spacial score (nSPS) is 23.1. The molecule has 1 N–H and O–H groups in total. The number of rotatable bonds is 3. The maximum atomic E-state index is 12.1. The van der Waals surface area contributed by atoms with Crippen LogP contribution in [0.1, 0.15) is 46.8 Å². The molecule has 0 saturated carbocycles. The maximum Gasteiger partial charge on any atom is 0.338 e. The minimum Gasteiger partial charge on any atom is -0.462 e. The Kier molecular flexibility index (Phi) is 4.68. The summed E-state index contributed by atoms with van der Waals surface area (Å²) in [7, 11) is 0. The van der Waals surface area contributed by atoms with Crippen molar-refractivity contribution >= 4 is 34.9 Å². The first-order valence-electron chi connectivity index (χ1n) is 8.77. The number of ether oxygens (including phenoxy) is 1. The van der Waals surface area contributed by atoms with Crippen LogP contribution in [0, 0.1) is 5.92 Å². The number of allylic oxidation sites excluding steroid dienone is 2. The summed E-state index contributed by atoms with van der Waals surface area (Å²) in [6.07, 6.45) is 5.40. The first kappa shape index (κ1) is 17.4. The summed E-state index contributed by atoms with van der Waals surface area (Å²) in [6, 6.07) is 11.5. The third kappa shape index (κ3) is 3.00. The van der Waals surface area contributed by atoms with Crippen LogP contribution in [0.4, 0.5) is 5.69 Å². The highest BCUT2D eigenvalue weighted by molar-refractivity contribution is 6.35. The zero-order valence-electron chi connectivity index (χ0n) is 14.3. The van der Waals surface area contributed by atoms with Gasteiger partial charge in [-0.15, -0.1) is 0 Å². The molecule has 0 radical (unpaired) electrons. The van der Waals surface area contributed by atoms with E-state index in [0.717, 1.165) is 23.2 Å². The van der Waals surface area contributed by atoms with Crippen LogP contribution in [0.3, 0.4) is 0 Å². The van der Waals surface area contributed by atoms with Crippen molar-refractivity contribution in [3.63, 3.8) is 0 Å². The van der Waals surface area contributed by atoms with E-state index < -0.39 is 0 Å². The maximum absolute atomic E-state index is 12.1. The first-order chi connectivity index (χ1) is 12.6. The lowest BCUT2D eigenvalue weighted by Gasteiger charge is -2.38. The van der Waals surface area contributed by atoms with Gasteiger partial charge in [0.25, 0.3) is 0 Å². The van der Waals surface area contributed by atoms with Gasteiger partial charge in [0.05, 0.1) is 18.2 Å². The fraction of sp³-hybridized carbons (Fsp3) is 0.286. The second kappa shape index (κ2) is 6.98. The molecule has 0 aromatic heterocycles. The van der Waals surface area contributed by atoms with E-state index in [0.29, 0.717) is 28.1 Å².